The summed E-state index contributed by atoms with van der Waals surface area (Å²) in [5.41, 5.74) is 1.37. The van der Waals surface area contributed by atoms with Crippen molar-refractivity contribution >= 4 is 64.1 Å². The van der Waals surface area contributed by atoms with E-state index in [1.165, 1.54) is 19.3 Å². The molecule has 0 aliphatic heterocycles. The lowest BCUT2D eigenvalue weighted by Gasteiger charge is -2.13. The van der Waals surface area contributed by atoms with E-state index in [2.05, 4.69) is 5.32 Å². The predicted octanol–water partition coefficient (Wildman–Crippen LogP) is 7.43. The number of nitrogens with zero attached hydrogens (tertiary/aromatic N) is 1. The van der Waals surface area contributed by atoms with Gasteiger partial charge in [-0.05, 0) is 54.1 Å². The third-order valence-corrected chi connectivity index (χ3v) is 5.75. The van der Waals surface area contributed by atoms with Gasteiger partial charge in [0.25, 0.3) is 5.91 Å². The molecule has 5 nitrogen and oxygen atoms in total. The molecule has 0 aliphatic carbocycles. The molecule has 0 radical (unpaired) electrons. The maximum Gasteiger partial charge on any atom is 0.266 e. The van der Waals surface area contributed by atoms with E-state index in [9.17, 15) is 10.1 Å². The minimum Gasteiger partial charge on any atom is -0.493 e. The van der Waals surface area contributed by atoms with Gasteiger partial charge in [0.1, 0.15) is 18.2 Å². The van der Waals surface area contributed by atoms with Crippen LogP contribution in [0.15, 0.2) is 60.2 Å². The van der Waals surface area contributed by atoms with E-state index in [1.807, 2.05) is 6.07 Å². The zero-order chi connectivity index (χ0) is 24.0. The van der Waals surface area contributed by atoms with Crippen LogP contribution in [0.5, 0.6) is 11.5 Å². The Morgan fingerprint density at radius 2 is 1.73 bits per heavy atom. The first kappa shape index (κ1) is 24.8. The number of nitrogens with one attached hydrogen (secondary N) is 1. The normalized spacial score (nSPS) is 11.0. The summed E-state index contributed by atoms with van der Waals surface area (Å²) >= 11 is 24.4. The molecular formula is C24H16Cl4N2O3. The van der Waals surface area contributed by atoms with Crippen molar-refractivity contribution in [1.29, 1.82) is 5.26 Å². The number of hydrogen-bond donors (Lipinski definition) is 1. The summed E-state index contributed by atoms with van der Waals surface area (Å²) in [5, 5.41) is 13.7. The highest BCUT2D eigenvalue weighted by Gasteiger charge is 2.14. The van der Waals surface area contributed by atoms with Gasteiger partial charge in [0.05, 0.1) is 17.8 Å². The van der Waals surface area contributed by atoms with E-state index >= 15 is 0 Å². The Balaban J connectivity index is 1.80. The number of amides is 1. The molecule has 0 spiro atoms. The minimum absolute atomic E-state index is 0.135. The zero-order valence-corrected chi connectivity index (χ0v) is 20.2. The van der Waals surface area contributed by atoms with Gasteiger partial charge in [-0.25, -0.2) is 0 Å². The highest BCUT2D eigenvalue weighted by molar-refractivity contribution is 6.36. The average Bonchev–Trinajstić information content (AvgIpc) is 2.79. The summed E-state index contributed by atoms with van der Waals surface area (Å²) in [6.07, 6.45) is 1.42. The van der Waals surface area contributed by atoms with Gasteiger partial charge in [-0.3, -0.25) is 4.79 Å². The van der Waals surface area contributed by atoms with E-state index < -0.39 is 5.91 Å². The van der Waals surface area contributed by atoms with E-state index in [4.69, 9.17) is 55.9 Å². The Hall–Kier alpha value is -2.88. The van der Waals surface area contributed by atoms with Gasteiger partial charge in [0, 0.05) is 20.6 Å². The lowest BCUT2D eigenvalue weighted by molar-refractivity contribution is -0.112. The second-order valence-corrected chi connectivity index (χ2v) is 8.31. The van der Waals surface area contributed by atoms with Gasteiger partial charge < -0.3 is 14.8 Å². The van der Waals surface area contributed by atoms with Crippen LogP contribution in [0, 0.1) is 11.3 Å². The molecule has 1 amide bonds. The van der Waals surface area contributed by atoms with Crippen molar-refractivity contribution in [2.75, 3.05) is 12.4 Å². The molecule has 0 atom stereocenters. The monoisotopic (exact) mass is 520 g/mol. The minimum atomic E-state index is -0.630. The van der Waals surface area contributed by atoms with Crippen molar-refractivity contribution in [3.05, 3.63) is 91.4 Å². The fourth-order valence-electron chi connectivity index (χ4n) is 2.81. The standard InChI is InChI=1S/C24H16Cl4N2O3/c1-32-23-10-14(5-8-22(23)33-13-17-18(26)3-2-4-19(17)27)9-15(12-29)24(31)30-21-11-16(25)6-7-20(21)28/h2-11H,13H2,1H3,(H,30,31)/b15-9+. The number of methoxy groups -OCH3 is 1. The molecule has 0 unspecified atom stereocenters. The van der Waals surface area contributed by atoms with Gasteiger partial charge >= 0.3 is 0 Å². The van der Waals surface area contributed by atoms with Crippen LogP contribution in [-0.4, -0.2) is 13.0 Å². The Labute approximate surface area is 211 Å². The quantitative estimate of drug-likeness (QED) is 0.259. The van der Waals surface area contributed by atoms with E-state index in [-0.39, 0.29) is 12.2 Å². The number of benzene rings is 3. The topological polar surface area (TPSA) is 71.3 Å². The van der Waals surface area contributed by atoms with Crippen molar-refractivity contribution in [3.8, 4) is 17.6 Å². The van der Waals surface area contributed by atoms with Crippen LogP contribution < -0.4 is 14.8 Å². The van der Waals surface area contributed by atoms with E-state index in [0.717, 1.165) is 0 Å². The third kappa shape index (κ3) is 6.34. The fraction of sp³-hybridized carbons (Fsp3) is 0.0833. The summed E-state index contributed by atoms with van der Waals surface area (Å²) in [5.74, 6) is 0.219. The van der Waals surface area contributed by atoms with Gasteiger partial charge in [-0.1, -0.05) is 58.5 Å². The van der Waals surface area contributed by atoms with Gasteiger partial charge in [-0.2, -0.15) is 5.26 Å². The molecule has 0 saturated heterocycles. The number of anilines is 1. The molecular weight excluding hydrogens is 506 g/mol. The van der Waals surface area contributed by atoms with Crippen LogP contribution in [-0.2, 0) is 11.4 Å². The van der Waals surface area contributed by atoms with Gasteiger partial charge in [-0.15, -0.1) is 0 Å². The number of carbonyl (C=O) groups is 1. The second-order valence-electron chi connectivity index (χ2n) is 6.65. The fourth-order valence-corrected chi connectivity index (χ4v) is 3.65. The van der Waals surface area contributed by atoms with Crippen molar-refractivity contribution in [3.63, 3.8) is 0 Å². The number of ether oxygens (including phenoxy) is 2. The van der Waals surface area contributed by atoms with Crippen molar-refractivity contribution in [2.24, 2.45) is 0 Å². The summed E-state index contributed by atoms with van der Waals surface area (Å²) in [7, 11) is 1.48. The molecule has 9 heteroatoms. The van der Waals surface area contributed by atoms with Crippen LogP contribution in [0.4, 0.5) is 5.69 Å². The Bertz CT molecular complexity index is 1250. The Morgan fingerprint density at radius 3 is 2.39 bits per heavy atom. The lowest BCUT2D eigenvalue weighted by Crippen LogP contribution is -2.13. The summed E-state index contributed by atoms with van der Waals surface area (Å²) < 4.78 is 11.2. The van der Waals surface area contributed by atoms with E-state index in [0.29, 0.717) is 48.4 Å². The largest absolute Gasteiger partial charge is 0.493 e. The molecule has 3 rings (SSSR count). The molecule has 0 heterocycles. The summed E-state index contributed by atoms with van der Waals surface area (Å²) in [6.45, 7) is 0.135. The van der Waals surface area contributed by atoms with Crippen molar-refractivity contribution in [2.45, 2.75) is 6.61 Å². The maximum atomic E-state index is 12.6. The first-order valence-electron chi connectivity index (χ1n) is 9.44. The molecule has 0 aliphatic rings. The predicted molar refractivity (Wildman–Crippen MR) is 132 cm³/mol. The van der Waals surface area contributed by atoms with Crippen molar-refractivity contribution in [1.82, 2.24) is 0 Å². The number of hydrogen-bond acceptors (Lipinski definition) is 4. The van der Waals surface area contributed by atoms with E-state index in [1.54, 1.807) is 48.5 Å². The SMILES string of the molecule is COc1cc(/C=C(\C#N)C(=O)Nc2cc(Cl)ccc2Cl)ccc1OCc1c(Cl)cccc1Cl. The maximum absolute atomic E-state index is 12.6. The molecule has 3 aromatic carbocycles. The van der Waals surface area contributed by atoms with Crippen LogP contribution in [0.3, 0.4) is 0 Å². The first-order valence-corrected chi connectivity index (χ1v) is 11.0. The molecule has 33 heavy (non-hydrogen) atoms. The van der Waals surface area contributed by atoms with Crippen molar-refractivity contribution < 1.29 is 14.3 Å². The van der Waals surface area contributed by atoms with Crippen LogP contribution in [0.25, 0.3) is 6.08 Å². The molecule has 0 aromatic heterocycles. The number of nitriles is 1. The highest BCUT2D eigenvalue weighted by Crippen LogP contribution is 2.32. The average molecular weight is 522 g/mol. The van der Waals surface area contributed by atoms with Gasteiger partial charge in [0.15, 0.2) is 11.5 Å². The lowest BCUT2D eigenvalue weighted by atomic mass is 10.1. The molecule has 3 aromatic rings. The zero-order valence-electron chi connectivity index (χ0n) is 17.2. The number of carbonyl (C=O) groups excluding carboxylic acids is 1. The van der Waals surface area contributed by atoms with Crippen LogP contribution in [0.1, 0.15) is 11.1 Å². The van der Waals surface area contributed by atoms with Crippen LogP contribution >= 0.6 is 46.4 Å². The number of halogens is 4. The summed E-state index contributed by atoms with van der Waals surface area (Å²) in [6, 6.07) is 16.7. The van der Waals surface area contributed by atoms with Gasteiger partial charge in [0.2, 0.25) is 0 Å². The highest BCUT2D eigenvalue weighted by atomic mass is 35.5. The molecule has 1 N–H and O–H groups in total. The van der Waals surface area contributed by atoms with Crippen LogP contribution in [0.2, 0.25) is 20.1 Å². The Kier molecular flexibility index (Phi) is 8.49. The summed E-state index contributed by atoms with van der Waals surface area (Å²) in [4.78, 5) is 12.6. The molecule has 0 fully saturated rings. The number of rotatable bonds is 7. The molecule has 0 bridgehead atoms. The molecule has 0 saturated carbocycles. The smallest absolute Gasteiger partial charge is 0.266 e. The first-order chi connectivity index (χ1) is 15.8. The second kappa shape index (κ2) is 11.3. The third-order valence-electron chi connectivity index (χ3n) is 4.47. The Morgan fingerprint density at radius 1 is 1.00 bits per heavy atom. The molecule has 168 valence electrons.